The number of para-hydroxylation sites is 1. The number of hydrogen-bond acceptors (Lipinski definition) is 4. The fraction of sp³-hybridized carbons (Fsp3) is 0.176. The van der Waals surface area contributed by atoms with Gasteiger partial charge in [-0.15, -0.1) is 0 Å². The number of ether oxygens (including phenoxy) is 2. The minimum absolute atomic E-state index is 0.242. The molecule has 0 radical (unpaired) electrons. The molecule has 2 N–H and O–H groups in total. The summed E-state index contributed by atoms with van der Waals surface area (Å²) in [5.74, 6) is 0.127. The lowest BCUT2D eigenvalue weighted by Gasteiger charge is -2.15. The molecule has 0 aromatic heterocycles. The molecule has 8 heteroatoms. The van der Waals surface area contributed by atoms with Gasteiger partial charge >= 0.3 is 0 Å². The highest BCUT2D eigenvalue weighted by Crippen LogP contribution is 2.28. The van der Waals surface area contributed by atoms with E-state index in [1.54, 1.807) is 49.4 Å². The van der Waals surface area contributed by atoms with Crippen LogP contribution in [0.1, 0.15) is 6.92 Å². The molecule has 2 amide bonds. The van der Waals surface area contributed by atoms with E-state index in [4.69, 9.17) is 9.47 Å². The average Bonchev–Trinajstić information content (AvgIpc) is 2.59. The van der Waals surface area contributed by atoms with Crippen molar-refractivity contribution in [1.29, 1.82) is 0 Å². The molecule has 25 heavy (non-hydrogen) atoms. The zero-order valence-corrected chi connectivity index (χ0v) is 16.5. The van der Waals surface area contributed by atoms with Crippen LogP contribution in [0.4, 0.5) is 0 Å². The Kier molecular flexibility index (Phi) is 7.27. The zero-order valence-electron chi connectivity index (χ0n) is 13.3. The summed E-state index contributed by atoms with van der Waals surface area (Å²) in [6.07, 6.45) is -0.760. The summed E-state index contributed by atoms with van der Waals surface area (Å²) >= 11 is 6.67. The molecule has 132 valence electrons. The molecule has 1 unspecified atom stereocenters. The van der Waals surface area contributed by atoms with Crippen molar-refractivity contribution in [1.82, 2.24) is 10.9 Å². The molecule has 0 aliphatic carbocycles. The molecular weight excluding hydrogens is 456 g/mol. The van der Waals surface area contributed by atoms with Crippen LogP contribution >= 0.6 is 31.9 Å². The van der Waals surface area contributed by atoms with Gasteiger partial charge in [0, 0.05) is 4.47 Å². The molecule has 0 saturated carbocycles. The predicted molar refractivity (Wildman–Crippen MR) is 100 cm³/mol. The highest BCUT2D eigenvalue weighted by Gasteiger charge is 2.15. The monoisotopic (exact) mass is 470 g/mol. The van der Waals surface area contributed by atoms with Gasteiger partial charge in [0.1, 0.15) is 11.5 Å². The van der Waals surface area contributed by atoms with Crippen LogP contribution in [0, 0.1) is 0 Å². The van der Waals surface area contributed by atoms with E-state index in [9.17, 15) is 9.59 Å². The van der Waals surface area contributed by atoms with E-state index in [1.165, 1.54) is 0 Å². The maximum Gasteiger partial charge on any atom is 0.279 e. The highest BCUT2D eigenvalue weighted by atomic mass is 79.9. The highest BCUT2D eigenvalue weighted by molar-refractivity contribution is 9.11. The summed E-state index contributed by atoms with van der Waals surface area (Å²) in [4.78, 5) is 23.7. The lowest BCUT2D eigenvalue weighted by Crippen LogP contribution is -2.48. The number of halogens is 2. The molecule has 0 aliphatic rings. The summed E-state index contributed by atoms with van der Waals surface area (Å²) < 4.78 is 12.4. The Hall–Kier alpha value is -2.06. The number of carbonyl (C=O) groups excluding carboxylic acids is 2. The number of amides is 2. The summed E-state index contributed by atoms with van der Waals surface area (Å²) in [5, 5.41) is 0. The Balaban J connectivity index is 1.74. The largest absolute Gasteiger partial charge is 0.483 e. The van der Waals surface area contributed by atoms with E-state index in [2.05, 4.69) is 42.7 Å². The van der Waals surface area contributed by atoms with Crippen molar-refractivity contribution in [2.24, 2.45) is 0 Å². The lowest BCUT2D eigenvalue weighted by molar-refractivity contribution is -0.133. The van der Waals surface area contributed by atoms with E-state index in [1.807, 2.05) is 6.07 Å². The van der Waals surface area contributed by atoms with Crippen LogP contribution in [0.5, 0.6) is 11.5 Å². The van der Waals surface area contributed by atoms with Gasteiger partial charge in [-0.25, -0.2) is 0 Å². The first kappa shape index (κ1) is 19.3. The second kappa shape index (κ2) is 9.43. The average molecular weight is 472 g/mol. The smallest absolute Gasteiger partial charge is 0.279 e. The third-order valence-electron chi connectivity index (χ3n) is 3.00. The molecule has 0 heterocycles. The second-order valence-corrected chi connectivity index (χ2v) is 6.74. The molecule has 0 aliphatic heterocycles. The van der Waals surface area contributed by atoms with Crippen LogP contribution in [0.15, 0.2) is 57.5 Å². The molecule has 2 aromatic carbocycles. The van der Waals surface area contributed by atoms with Crippen molar-refractivity contribution in [3.8, 4) is 11.5 Å². The minimum Gasteiger partial charge on any atom is -0.483 e. The Morgan fingerprint density at radius 1 is 1.08 bits per heavy atom. The predicted octanol–water partition coefficient (Wildman–Crippen LogP) is 3.21. The molecule has 0 saturated heterocycles. The van der Waals surface area contributed by atoms with Gasteiger partial charge in [0.25, 0.3) is 11.8 Å². The number of nitrogens with one attached hydrogen (secondary N) is 2. The van der Waals surface area contributed by atoms with Gasteiger partial charge in [-0.2, -0.15) is 0 Å². The zero-order chi connectivity index (χ0) is 18.2. The van der Waals surface area contributed by atoms with Crippen molar-refractivity contribution >= 4 is 43.7 Å². The first-order valence-corrected chi connectivity index (χ1v) is 8.92. The van der Waals surface area contributed by atoms with E-state index in [0.717, 1.165) is 4.47 Å². The SMILES string of the molecule is CC(Oc1ccccc1)C(=O)NNC(=O)COc1ccc(Br)cc1Br. The van der Waals surface area contributed by atoms with Gasteiger partial charge in [0.2, 0.25) is 0 Å². The standard InChI is InChI=1S/C17H16Br2N2O4/c1-11(25-13-5-3-2-4-6-13)17(23)21-20-16(22)10-24-15-8-7-12(18)9-14(15)19/h2-9,11H,10H2,1H3,(H,20,22)(H,21,23). The third-order valence-corrected chi connectivity index (χ3v) is 4.12. The van der Waals surface area contributed by atoms with Gasteiger partial charge in [-0.3, -0.25) is 20.4 Å². The first-order valence-electron chi connectivity index (χ1n) is 7.34. The summed E-state index contributed by atoms with van der Waals surface area (Å²) in [7, 11) is 0. The van der Waals surface area contributed by atoms with Crippen molar-refractivity contribution in [2.45, 2.75) is 13.0 Å². The Morgan fingerprint density at radius 3 is 2.48 bits per heavy atom. The number of hydrazine groups is 1. The topological polar surface area (TPSA) is 76.7 Å². The van der Waals surface area contributed by atoms with Crippen LogP contribution in [-0.2, 0) is 9.59 Å². The maximum absolute atomic E-state index is 11.9. The Labute approximate surface area is 162 Å². The molecule has 1 atom stereocenters. The molecule has 0 bridgehead atoms. The second-order valence-electron chi connectivity index (χ2n) is 4.97. The normalized spacial score (nSPS) is 11.3. The minimum atomic E-state index is -0.760. The molecule has 2 rings (SSSR count). The Bertz CT molecular complexity index is 741. The summed E-state index contributed by atoms with van der Waals surface area (Å²) in [5.41, 5.74) is 4.58. The van der Waals surface area contributed by atoms with Crippen molar-refractivity contribution in [2.75, 3.05) is 6.61 Å². The number of benzene rings is 2. The fourth-order valence-corrected chi connectivity index (χ4v) is 2.92. The number of carbonyl (C=O) groups is 2. The van der Waals surface area contributed by atoms with Gasteiger partial charge in [-0.05, 0) is 53.2 Å². The van der Waals surface area contributed by atoms with Gasteiger partial charge < -0.3 is 9.47 Å². The van der Waals surface area contributed by atoms with Crippen LogP contribution < -0.4 is 20.3 Å². The van der Waals surface area contributed by atoms with Crippen LogP contribution in [0.25, 0.3) is 0 Å². The third kappa shape index (κ3) is 6.39. The van der Waals surface area contributed by atoms with Gasteiger partial charge in [0.15, 0.2) is 12.7 Å². The van der Waals surface area contributed by atoms with E-state index >= 15 is 0 Å². The van der Waals surface area contributed by atoms with Crippen molar-refractivity contribution < 1.29 is 19.1 Å². The van der Waals surface area contributed by atoms with E-state index in [0.29, 0.717) is 16.0 Å². The number of rotatable bonds is 6. The van der Waals surface area contributed by atoms with Gasteiger partial charge in [-0.1, -0.05) is 34.1 Å². The van der Waals surface area contributed by atoms with Crippen LogP contribution in [-0.4, -0.2) is 24.5 Å². The summed E-state index contributed by atoms with van der Waals surface area (Å²) in [6, 6.07) is 14.3. The quantitative estimate of drug-likeness (QED) is 0.634. The molecule has 0 fully saturated rings. The number of hydrogen-bond donors (Lipinski definition) is 2. The van der Waals surface area contributed by atoms with Gasteiger partial charge in [0.05, 0.1) is 4.47 Å². The van der Waals surface area contributed by atoms with Crippen LogP contribution in [0.3, 0.4) is 0 Å². The Morgan fingerprint density at radius 2 is 1.80 bits per heavy atom. The van der Waals surface area contributed by atoms with E-state index < -0.39 is 17.9 Å². The molecule has 2 aromatic rings. The van der Waals surface area contributed by atoms with Crippen molar-refractivity contribution in [3.05, 3.63) is 57.5 Å². The maximum atomic E-state index is 11.9. The molecular formula is C17H16Br2N2O4. The molecule has 0 spiro atoms. The first-order chi connectivity index (χ1) is 12.0. The lowest BCUT2D eigenvalue weighted by atomic mass is 10.3. The molecule has 6 nitrogen and oxygen atoms in total. The van der Waals surface area contributed by atoms with E-state index in [-0.39, 0.29) is 6.61 Å². The summed E-state index contributed by atoms with van der Waals surface area (Å²) in [6.45, 7) is 1.35. The van der Waals surface area contributed by atoms with Crippen LogP contribution in [0.2, 0.25) is 0 Å². The van der Waals surface area contributed by atoms with Crippen molar-refractivity contribution in [3.63, 3.8) is 0 Å². The fourth-order valence-electron chi connectivity index (χ4n) is 1.76.